The van der Waals surface area contributed by atoms with Crippen molar-refractivity contribution in [3.05, 3.63) is 59.7 Å². The van der Waals surface area contributed by atoms with E-state index in [2.05, 4.69) is 5.32 Å². The Labute approximate surface area is 152 Å². The Morgan fingerprint density at radius 1 is 0.923 bits per heavy atom. The first kappa shape index (κ1) is 19.2. The second-order valence-corrected chi connectivity index (χ2v) is 5.63. The molecule has 0 spiro atoms. The molecule has 0 unspecified atom stereocenters. The van der Waals surface area contributed by atoms with E-state index < -0.39 is 5.97 Å². The topological polar surface area (TPSA) is 81.7 Å². The van der Waals surface area contributed by atoms with Crippen molar-refractivity contribution in [2.24, 2.45) is 0 Å². The van der Waals surface area contributed by atoms with Crippen LogP contribution >= 0.6 is 0 Å². The molecule has 0 atom stereocenters. The lowest BCUT2D eigenvalue weighted by Gasteiger charge is -2.07. The Hall–Kier alpha value is -3.15. The number of carbonyl (C=O) groups excluding carboxylic acids is 3. The van der Waals surface area contributed by atoms with E-state index in [9.17, 15) is 14.4 Å². The summed E-state index contributed by atoms with van der Waals surface area (Å²) in [6.45, 7) is 3.67. The maximum atomic E-state index is 12.1. The fraction of sp³-hybridized carbons (Fsp3) is 0.250. The molecule has 0 saturated heterocycles. The lowest BCUT2D eigenvalue weighted by molar-refractivity contribution is -0.114. The predicted molar refractivity (Wildman–Crippen MR) is 97.6 cm³/mol. The summed E-state index contributed by atoms with van der Waals surface area (Å²) in [5.41, 5.74) is 1.34. The fourth-order valence-corrected chi connectivity index (χ4v) is 2.15. The lowest BCUT2D eigenvalue weighted by atomic mass is 10.1. The number of ketones is 1. The normalized spacial score (nSPS) is 10.1. The first-order valence-electron chi connectivity index (χ1n) is 8.30. The smallest absolute Gasteiger partial charge is 0.338 e. The van der Waals surface area contributed by atoms with E-state index in [1.807, 2.05) is 6.92 Å². The number of nitrogens with one attached hydrogen (secondary N) is 1. The van der Waals surface area contributed by atoms with Crippen LogP contribution in [0, 0.1) is 0 Å². The van der Waals surface area contributed by atoms with Crippen LogP contribution in [0.5, 0.6) is 5.75 Å². The number of hydrogen-bond donors (Lipinski definition) is 1. The van der Waals surface area contributed by atoms with Gasteiger partial charge in [-0.3, -0.25) is 9.59 Å². The third kappa shape index (κ3) is 5.73. The summed E-state index contributed by atoms with van der Waals surface area (Å²) in [5, 5.41) is 2.61. The molecule has 6 heteroatoms. The molecule has 0 aliphatic rings. The summed E-state index contributed by atoms with van der Waals surface area (Å²) in [7, 11) is 0. The monoisotopic (exact) mass is 355 g/mol. The van der Waals surface area contributed by atoms with Crippen LogP contribution in [-0.4, -0.2) is 30.9 Å². The zero-order valence-corrected chi connectivity index (χ0v) is 14.8. The number of benzene rings is 2. The van der Waals surface area contributed by atoms with Crippen molar-refractivity contribution in [2.45, 2.75) is 20.3 Å². The molecule has 1 N–H and O–H groups in total. The van der Waals surface area contributed by atoms with E-state index in [0.717, 1.165) is 6.42 Å². The molecule has 2 aromatic rings. The summed E-state index contributed by atoms with van der Waals surface area (Å²) >= 11 is 0. The Balaban J connectivity index is 1.88. The van der Waals surface area contributed by atoms with Crippen LogP contribution < -0.4 is 10.1 Å². The molecule has 0 radical (unpaired) electrons. The average Bonchev–Trinajstić information content (AvgIpc) is 2.64. The van der Waals surface area contributed by atoms with Gasteiger partial charge >= 0.3 is 5.97 Å². The molecule has 1 amide bonds. The van der Waals surface area contributed by atoms with E-state index in [1.165, 1.54) is 6.92 Å². The standard InChI is InChI=1S/C20H21NO5/c1-3-12-25-18-10-6-16(7-11-18)20(24)26-13-19(23)15-4-8-17(9-5-15)21-14(2)22/h4-11H,3,12-13H2,1-2H3,(H,21,22). The zero-order chi connectivity index (χ0) is 18.9. The van der Waals surface area contributed by atoms with E-state index in [1.54, 1.807) is 48.5 Å². The number of ether oxygens (including phenoxy) is 2. The SMILES string of the molecule is CCCOc1ccc(C(=O)OCC(=O)c2ccc(NC(C)=O)cc2)cc1. The van der Waals surface area contributed by atoms with Gasteiger partial charge in [0, 0.05) is 18.2 Å². The number of carbonyl (C=O) groups is 3. The molecule has 0 fully saturated rings. The molecule has 136 valence electrons. The highest BCUT2D eigenvalue weighted by atomic mass is 16.5. The molecule has 0 heterocycles. The minimum atomic E-state index is -0.574. The maximum Gasteiger partial charge on any atom is 0.338 e. The largest absolute Gasteiger partial charge is 0.494 e. The van der Waals surface area contributed by atoms with Crippen LogP contribution in [-0.2, 0) is 9.53 Å². The minimum Gasteiger partial charge on any atom is -0.494 e. The van der Waals surface area contributed by atoms with Crippen molar-refractivity contribution >= 4 is 23.3 Å². The number of esters is 1. The predicted octanol–water partition coefficient (Wildman–Crippen LogP) is 3.47. The summed E-state index contributed by atoms with van der Waals surface area (Å²) < 4.78 is 10.5. The average molecular weight is 355 g/mol. The van der Waals surface area contributed by atoms with Crippen LogP contribution in [0.25, 0.3) is 0 Å². The highest BCUT2D eigenvalue weighted by Crippen LogP contribution is 2.14. The van der Waals surface area contributed by atoms with Gasteiger partial charge in [0.1, 0.15) is 5.75 Å². The number of amides is 1. The molecule has 2 rings (SSSR count). The van der Waals surface area contributed by atoms with Gasteiger partial charge in [0.25, 0.3) is 0 Å². The third-order valence-electron chi connectivity index (χ3n) is 3.42. The van der Waals surface area contributed by atoms with E-state index in [-0.39, 0.29) is 18.3 Å². The van der Waals surface area contributed by atoms with Gasteiger partial charge in [0.05, 0.1) is 12.2 Å². The van der Waals surface area contributed by atoms with Gasteiger partial charge in [-0.1, -0.05) is 6.92 Å². The van der Waals surface area contributed by atoms with Crippen molar-refractivity contribution in [3.63, 3.8) is 0 Å². The van der Waals surface area contributed by atoms with E-state index in [4.69, 9.17) is 9.47 Å². The summed E-state index contributed by atoms with van der Waals surface area (Å²) in [5.74, 6) is -0.409. The second-order valence-electron chi connectivity index (χ2n) is 5.63. The van der Waals surface area contributed by atoms with Crippen LogP contribution in [0.3, 0.4) is 0 Å². The van der Waals surface area contributed by atoms with E-state index in [0.29, 0.717) is 29.2 Å². The maximum absolute atomic E-state index is 12.1. The van der Waals surface area contributed by atoms with E-state index >= 15 is 0 Å². The van der Waals surface area contributed by atoms with Gasteiger partial charge in [-0.05, 0) is 55.0 Å². The fourth-order valence-electron chi connectivity index (χ4n) is 2.15. The summed E-state index contributed by atoms with van der Waals surface area (Å²) in [6, 6.07) is 12.9. The lowest BCUT2D eigenvalue weighted by Crippen LogP contribution is -2.14. The van der Waals surface area contributed by atoms with Crippen molar-refractivity contribution in [1.82, 2.24) is 0 Å². The molecule has 6 nitrogen and oxygen atoms in total. The molecular weight excluding hydrogens is 334 g/mol. The number of rotatable bonds is 8. The van der Waals surface area contributed by atoms with Gasteiger partial charge < -0.3 is 14.8 Å². The molecule has 0 aliphatic carbocycles. The number of anilines is 1. The molecule has 26 heavy (non-hydrogen) atoms. The highest BCUT2D eigenvalue weighted by Gasteiger charge is 2.12. The minimum absolute atomic E-state index is 0.191. The van der Waals surface area contributed by atoms with Crippen molar-refractivity contribution in [2.75, 3.05) is 18.5 Å². The Morgan fingerprint density at radius 3 is 2.12 bits per heavy atom. The molecule has 0 aliphatic heterocycles. The van der Waals surface area contributed by atoms with Crippen LogP contribution in [0.4, 0.5) is 5.69 Å². The quantitative estimate of drug-likeness (QED) is 0.579. The van der Waals surface area contributed by atoms with Crippen molar-refractivity contribution in [3.8, 4) is 5.75 Å². The van der Waals surface area contributed by atoms with Crippen LogP contribution in [0.1, 0.15) is 41.0 Å². The van der Waals surface area contributed by atoms with Gasteiger partial charge in [0.15, 0.2) is 12.4 Å². The molecular formula is C20H21NO5. The summed E-state index contributed by atoms with van der Waals surface area (Å²) in [4.78, 5) is 35.1. The Kier molecular flexibility index (Phi) is 6.91. The summed E-state index contributed by atoms with van der Waals surface area (Å²) in [6.07, 6.45) is 0.900. The third-order valence-corrected chi connectivity index (χ3v) is 3.42. The molecule has 2 aromatic carbocycles. The van der Waals surface area contributed by atoms with Gasteiger partial charge in [0.2, 0.25) is 5.91 Å². The first-order chi connectivity index (χ1) is 12.5. The Bertz CT molecular complexity index is 766. The number of hydrogen-bond acceptors (Lipinski definition) is 5. The Morgan fingerprint density at radius 2 is 1.54 bits per heavy atom. The van der Waals surface area contributed by atoms with Gasteiger partial charge in [-0.25, -0.2) is 4.79 Å². The number of Topliss-reactive ketones (excluding diaryl/α,β-unsaturated/α-hetero) is 1. The highest BCUT2D eigenvalue weighted by molar-refractivity contribution is 6.00. The van der Waals surface area contributed by atoms with Gasteiger partial charge in [-0.15, -0.1) is 0 Å². The molecule has 0 saturated carbocycles. The van der Waals surface area contributed by atoms with Crippen LogP contribution in [0.15, 0.2) is 48.5 Å². The van der Waals surface area contributed by atoms with Gasteiger partial charge in [-0.2, -0.15) is 0 Å². The molecule has 0 aromatic heterocycles. The zero-order valence-electron chi connectivity index (χ0n) is 14.8. The van der Waals surface area contributed by atoms with Crippen molar-refractivity contribution < 1.29 is 23.9 Å². The molecule has 0 bridgehead atoms. The first-order valence-corrected chi connectivity index (χ1v) is 8.30. The second kappa shape index (κ2) is 9.36. The van der Waals surface area contributed by atoms with Crippen molar-refractivity contribution in [1.29, 1.82) is 0 Å². The van der Waals surface area contributed by atoms with Crippen LogP contribution in [0.2, 0.25) is 0 Å².